The molecule has 1 aliphatic rings. The number of cyclic esters (lactones) is 2. The second-order valence-corrected chi connectivity index (χ2v) is 15.8. The normalized spacial score (nSPS) is 22.0. The number of ether oxygens (including phenoxy) is 3. The maximum absolute atomic E-state index is 13.7. The number of rotatable bonds is 13. The van der Waals surface area contributed by atoms with E-state index in [0.29, 0.717) is 21.9 Å². The molecule has 2 aromatic rings. The summed E-state index contributed by atoms with van der Waals surface area (Å²) in [6, 6.07) is 11.8. The minimum absolute atomic E-state index is 0. The molecule has 0 unspecified atom stereocenters. The monoisotopic (exact) mass is 825 g/mol. The molecule has 0 spiro atoms. The summed E-state index contributed by atoms with van der Waals surface area (Å²) in [5, 5.41) is 16.6. The Kier molecular flexibility index (Phi) is 19.5. The molecule has 2 amide bonds. The molecule has 11 nitrogen and oxygen atoms in total. The van der Waals surface area contributed by atoms with E-state index in [2.05, 4.69) is 29.4 Å². The molecule has 306 valence electrons. The van der Waals surface area contributed by atoms with Crippen LogP contribution in [-0.4, -0.2) is 84.9 Å². The number of amides is 2. The lowest BCUT2D eigenvalue weighted by molar-refractivity contribution is -0.180. The lowest BCUT2D eigenvalue weighted by Gasteiger charge is -2.32. The number of nitrogens with one attached hydrogen (secondary N) is 2. The van der Waals surface area contributed by atoms with Gasteiger partial charge >= 0.3 is 11.9 Å². The maximum Gasteiger partial charge on any atom is 0.347 e. The quantitative estimate of drug-likeness (QED) is 0.151. The summed E-state index contributed by atoms with van der Waals surface area (Å²) >= 11 is 13.2. The third-order valence-corrected chi connectivity index (χ3v) is 10.5. The van der Waals surface area contributed by atoms with Crippen LogP contribution in [-0.2, 0) is 41.6 Å². The number of nitrogens with zero attached hydrogens (tertiary/aromatic N) is 1. The fourth-order valence-corrected chi connectivity index (χ4v) is 6.67. The van der Waals surface area contributed by atoms with Crippen molar-refractivity contribution >= 4 is 59.4 Å². The van der Waals surface area contributed by atoms with Crippen LogP contribution in [0.1, 0.15) is 83.4 Å². The SMILES string of the molecule is CCN(CC)Cc1ccc([C@H](Cl)[C@H](O)[C@@H](C)[C@@H]2C/C=C/C(=O)N[C@H](Cc3ccc(OC)c(Cl)c3)C(=O)NCC(C)(C)C(=O)O[C@@H](CC(C)C)C(=O)O2)cc1.Cl. The van der Waals surface area contributed by atoms with E-state index in [9.17, 15) is 24.3 Å². The van der Waals surface area contributed by atoms with Crippen LogP contribution in [0.3, 0.4) is 0 Å². The smallest absolute Gasteiger partial charge is 0.347 e. The van der Waals surface area contributed by atoms with Crippen LogP contribution in [0.4, 0.5) is 0 Å². The predicted octanol–water partition coefficient (Wildman–Crippen LogP) is 6.59. The molecule has 0 bridgehead atoms. The Bertz CT molecular complexity index is 1600. The number of hydrogen-bond donors (Lipinski definition) is 3. The number of aliphatic hydroxyl groups excluding tert-OH is 1. The van der Waals surface area contributed by atoms with Crippen LogP contribution >= 0.6 is 35.6 Å². The fraction of sp³-hybridized carbons (Fsp3) is 0.561. The summed E-state index contributed by atoms with van der Waals surface area (Å²) in [5.41, 5.74) is 1.23. The van der Waals surface area contributed by atoms with Gasteiger partial charge < -0.3 is 30.0 Å². The van der Waals surface area contributed by atoms with Gasteiger partial charge in [-0.05, 0) is 74.2 Å². The van der Waals surface area contributed by atoms with E-state index in [4.69, 9.17) is 37.4 Å². The molecular formula is C41H58Cl3N3O8. The number of esters is 2. The molecule has 3 N–H and O–H groups in total. The van der Waals surface area contributed by atoms with Crippen LogP contribution in [0.25, 0.3) is 0 Å². The Morgan fingerprint density at radius 2 is 1.64 bits per heavy atom. The average molecular weight is 827 g/mol. The number of aliphatic hydroxyl groups is 1. The first-order chi connectivity index (χ1) is 25.5. The number of benzene rings is 2. The predicted molar refractivity (Wildman–Crippen MR) is 217 cm³/mol. The largest absolute Gasteiger partial charge is 0.495 e. The third kappa shape index (κ3) is 14.3. The van der Waals surface area contributed by atoms with E-state index < -0.39 is 64.8 Å². The topological polar surface area (TPSA) is 144 Å². The van der Waals surface area contributed by atoms with Crippen molar-refractivity contribution in [2.75, 3.05) is 26.7 Å². The average Bonchev–Trinajstić information content (AvgIpc) is 3.13. The second-order valence-electron chi connectivity index (χ2n) is 14.9. The molecule has 3 rings (SSSR count). The number of hydrogen-bond acceptors (Lipinski definition) is 9. The molecule has 0 saturated heterocycles. The Balaban J connectivity index is 0.0000105. The van der Waals surface area contributed by atoms with Gasteiger partial charge in [0.05, 0.1) is 29.0 Å². The van der Waals surface area contributed by atoms with Crippen molar-refractivity contribution in [1.82, 2.24) is 15.5 Å². The number of carbonyl (C=O) groups excluding carboxylic acids is 4. The summed E-state index contributed by atoms with van der Waals surface area (Å²) < 4.78 is 17.0. The zero-order valence-electron chi connectivity index (χ0n) is 33.1. The summed E-state index contributed by atoms with van der Waals surface area (Å²) in [6.07, 6.45) is -0.322. The minimum Gasteiger partial charge on any atom is -0.495 e. The number of alkyl halides is 1. The maximum atomic E-state index is 13.7. The molecule has 14 heteroatoms. The number of carbonyl (C=O) groups is 4. The highest BCUT2D eigenvalue weighted by atomic mass is 35.5. The van der Waals surface area contributed by atoms with Gasteiger partial charge in [-0.2, -0.15) is 0 Å². The van der Waals surface area contributed by atoms with Gasteiger partial charge in [-0.3, -0.25) is 19.3 Å². The summed E-state index contributed by atoms with van der Waals surface area (Å²) in [4.78, 5) is 56.4. The Labute approximate surface area is 342 Å². The second kappa shape index (κ2) is 22.4. The van der Waals surface area contributed by atoms with Crippen LogP contribution in [0, 0.1) is 17.3 Å². The van der Waals surface area contributed by atoms with Gasteiger partial charge in [-0.1, -0.05) is 82.6 Å². The molecular weight excluding hydrogens is 769 g/mol. The van der Waals surface area contributed by atoms with E-state index in [1.165, 1.54) is 19.3 Å². The fourth-order valence-electron chi connectivity index (χ4n) is 6.01. The number of methoxy groups -OCH3 is 1. The van der Waals surface area contributed by atoms with E-state index in [-0.39, 0.29) is 44.1 Å². The van der Waals surface area contributed by atoms with Crippen molar-refractivity contribution in [2.45, 2.75) is 104 Å². The van der Waals surface area contributed by atoms with Crippen molar-refractivity contribution in [1.29, 1.82) is 0 Å². The molecule has 6 atom stereocenters. The van der Waals surface area contributed by atoms with E-state index >= 15 is 0 Å². The molecule has 1 aliphatic heterocycles. The Morgan fingerprint density at radius 1 is 1.00 bits per heavy atom. The van der Waals surface area contributed by atoms with E-state index in [1.54, 1.807) is 39.0 Å². The van der Waals surface area contributed by atoms with Gasteiger partial charge in [0.1, 0.15) is 17.9 Å². The van der Waals surface area contributed by atoms with Gasteiger partial charge in [-0.15, -0.1) is 24.0 Å². The molecule has 0 radical (unpaired) electrons. The molecule has 1 heterocycles. The molecule has 2 aromatic carbocycles. The lowest BCUT2D eigenvalue weighted by Crippen LogP contribution is -2.51. The van der Waals surface area contributed by atoms with Crippen LogP contribution < -0.4 is 15.4 Å². The van der Waals surface area contributed by atoms with E-state index in [0.717, 1.165) is 25.2 Å². The number of halogens is 3. The molecule has 55 heavy (non-hydrogen) atoms. The molecule has 0 aromatic heterocycles. The highest BCUT2D eigenvalue weighted by Crippen LogP contribution is 2.33. The first kappa shape index (κ1) is 47.8. The minimum atomic E-state index is -1.25. The van der Waals surface area contributed by atoms with Crippen molar-refractivity contribution < 1.29 is 38.5 Å². The van der Waals surface area contributed by atoms with E-state index in [1.807, 2.05) is 38.1 Å². The summed E-state index contributed by atoms with van der Waals surface area (Å²) in [7, 11) is 1.49. The molecule has 0 fully saturated rings. The summed E-state index contributed by atoms with van der Waals surface area (Å²) in [6.45, 7) is 15.4. The first-order valence-corrected chi connectivity index (χ1v) is 19.4. The van der Waals surface area contributed by atoms with Crippen molar-refractivity contribution in [2.24, 2.45) is 17.3 Å². The molecule has 0 aliphatic carbocycles. The summed E-state index contributed by atoms with van der Waals surface area (Å²) in [5.74, 6) is -2.90. The van der Waals surface area contributed by atoms with Gasteiger partial charge in [0.2, 0.25) is 11.8 Å². The van der Waals surface area contributed by atoms with Crippen LogP contribution in [0.15, 0.2) is 54.6 Å². The lowest BCUT2D eigenvalue weighted by atomic mass is 9.90. The Morgan fingerprint density at radius 3 is 2.22 bits per heavy atom. The zero-order chi connectivity index (χ0) is 40.2. The van der Waals surface area contributed by atoms with Crippen LogP contribution in [0.5, 0.6) is 5.75 Å². The Hall–Kier alpha value is -3.35. The standard InChI is InChI=1S/C41H57Cl2N3O8.ClH/c1-9-46(10-2)23-27-14-17-29(18-15-27)36(43)37(48)26(5)32-12-11-13-35(47)45-31(22-28-16-19-33(52-8)30(42)21-28)38(49)44-24-41(6,7)40(51)54-34(20-25(3)4)39(50)53-32;/h11,13-19,21,25-26,31-32,34,36-37,48H,9-10,12,20,22-24H2,1-8H3,(H,44,49)(H,45,47);1H/b13-11+;/t26-,31+,32-,34-,36-,37+;/m0./s1. The highest BCUT2D eigenvalue weighted by molar-refractivity contribution is 6.32. The van der Waals surface area contributed by atoms with Gasteiger partial charge in [0.25, 0.3) is 0 Å². The van der Waals surface area contributed by atoms with Crippen molar-refractivity contribution in [3.63, 3.8) is 0 Å². The third-order valence-electron chi connectivity index (χ3n) is 9.67. The van der Waals surface area contributed by atoms with Crippen molar-refractivity contribution in [3.05, 3.63) is 76.3 Å². The first-order valence-electron chi connectivity index (χ1n) is 18.6. The van der Waals surface area contributed by atoms with Crippen LogP contribution in [0.2, 0.25) is 5.02 Å². The van der Waals surface area contributed by atoms with Crippen molar-refractivity contribution in [3.8, 4) is 5.75 Å². The van der Waals surface area contributed by atoms with Gasteiger partial charge in [0.15, 0.2) is 6.10 Å². The van der Waals surface area contributed by atoms with Gasteiger partial charge in [0, 0.05) is 31.8 Å². The molecule has 0 saturated carbocycles. The highest BCUT2D eigenvalue weighted by Gasteiger charge is 2.38. The van der Waals surface area contributed by atoms with Gasteiger partial charge in [-0.25, -0.2) is 4.79 Å². The zero-order valence-corrected chi connectivity index (χ0v) is 35.4.